The van der Waals surface area contributed by atoms with Crippen LogP contribution in [0.25, 0.3) is 43.4 Å². The quantitative estimate of drug-likeness (QED) is 0.0740. The fraction of sp³-hybridized carbons (Fsp3) is 0.327. The molecule has 420 valence electrons. The van der Waals surface area contributed by atoms with Gasteiger partial charge in [-0.05, 0) is 50.3 Å². The lowest BCUT2D eigenvalue weighted by Crippen LogP contribution is -2.45. The Bertz CT molecular complexity index is 3590. The van der Waals surface area contributed by atoms with E-state index >= 15 is 0 Å². The number of amides is 6. The number of hydrogen-bond donors (Lipinski definition) is 8. The molecule has 3 aliphatic rings. The van der Waals surface area contributed by atoms with Gasteiger partial charge < -0.3 is 51.8 Å². The Kier molecular flexibility index (Phi) is 17.4. The van der Waals surface area contributed by atoms with Crippen molar-refractivity contribution < 1.29 is 48.5 Å². The zero-order valence-corrected chi connectivity index (χ0v) is 48.4. The SMILES string of the molecule is CNC(=O)C[C@@H]1NC(=O)c2csc(n2)-c2ccc(-c3nc(NC(=O)[C@H]4CC[C@H](C(=O)O)CC4)cs3)nc2-c2csc(n2)-c2csc(n2)[C@H]([C@@H](O)c2ccccc2)NC(=O)CNC(=O)C2=C(COC)SC(NC(=O)c3nc1sc3C)N2C. The van der Waals surface area contributed by atoms with E-state index in [0.29, 0.717) is 95.2 Å². The molecular weight excluding hydrogens is 1160 g/mol. The molecule has 1 saturated carbocycles. The first-order valence-corrected chi connectivity index (χ1v) is 30.4. The summed E-state index contributed by atoms with van der Waals surface area (Å²) in [4.78, 5) is 126. The number of hydrogen-bond acceptors (Lipinski definition) is 22. The van der Waals surface area contributed by atoms with Gasteiger partial charge in [0.1, 0.15) is 77.2 Å². The maximum absolute atomic E-state index is 14.2. The molecule has 1 fully saturated rings. The molecule has 29 heteroatoms. The predicted octanol–water partition coefficient (Wildman–Crippen LogP) is 6.35. The standard InChI is InChI=1S/C52H51N13O10S6/c1-23-37-44(71)64-52-65(3)40(33(81-52)18-75-4)45(72)54-17-36(67)62-39(41(68)24-8-6-5-7-9-24)50-59-32(21-78-50)48-57-30(19-77-48)38-27(46-58-31(20-76-46)43(70)56-29(16-35(66)53-2)49(63-37)80-23)14-15-28(55-38)47-61-34(22-79-47)60-42(69)25-10-12-26(13-11-25)51(73)74/h5-9,14-15,19-22,25-26,29,39,41,52,68H,10-13,16-18H2,1-4H3,(H,53,66)(H,54,72)(H,56,70)(H,60,69)(H,62,67)(H,64,71)(H,73,74)/t25-,26-,29-,39-,41-,52?/m0/s1. The average molecular weight is 1210 g/mol. The Balaban J connectivity index is 1.02. The van der Waals surface area contributed by atoms with Gasteiger partial charge in [0.05, 0.1) is 37.2 Å². The van der Waals surface area contributed by atoms with Gasteiger partial charge >= 0.3 is 5.97 Å². The predicted molar refractivity (Wildman–Crippen MR) is 307 cm³/mol. The molecule has 1 aliphatic carbocycles. The molecular formula is C52H51N13O10S6. The smallest absolute Gasteiger partial charge is 0.306 e. The van der Waals surface area contributed by atoms with Crippen LogP contribution in [-0.4, -0.2) is 126 Å². The van der Waals surface area contributed by atoms with Crippen LogP contribution >= 0.6 is 68.4 Å². The number of fused-ring (bicyclic) bond motifs is 14. The maximum atomic E-state index is 14.2. The minimum absolute atomic E-state index is 0.0111. The van der Waals surface area contributed by atoms with Crippen molar-refractivity contribution in [3.8, 4) is 43.4 Å². The molecule has 1 aromatic carbocycles. The highest BCUT2D eigenvalue weighted by atomic mass is 32.2. The number of carbonyl (C=O) groups excluding carboxylic acids is 6. The van der Waals surface area contributed by atoms with Crippen LogP contribution in [0.3, 0.4) is 0 Å². The van der Waals surface area contributed by atoms with Crippen molar-refractivity contribution in [1.82, 2.24) is 61.4 Å². The summed E-state index contributed by atoms with van der Waals surface area (Å²) in [6, 6.07) is 10.2. The van der Waals surface area contributed by atoms with E-state index in [-0.39, 0.29) is 46.9 Å². The molecule has 8 heterocycles. The van der Waals surface area contributed by atoms with Gasteiger partial charge in [-0.25, -0.2) is 29.9 Å². The normalized spacial score (nSPS) is 20.2. The van der Waals surface area contributed by atoms with E-state index in [2.05, 4.69) is 36.9 Å². The van der Waals surface area contributed by atoms with Crippen molar-refractivity contribution >= 4 is 116 Å². The largest absolute Gasteiger partial charge is 0.481 e. The van der Waals surface area contributed by atoms with Crippen LogP contribution < -0.4 is 31.9 Å². The molecule has 10 bridgehead atoms. The molecule has 23 nitrogen and oxygen atoms in total. The van der Waals surface area contributed by atoms with Gasteiger partial charge in [0.25, 0.3) is 17.7 Å². The molecule has 1 unspecified atom stereocenters. The topological polar surface area (TPSA) is 322 Å². The summed E-state index contributed by atoms with van der Waals surface area (Å²) in [7, 11) is 4.54. The highest BCUT2D eigenvalue weighted by molar-refractivity contribution is 8.03. The molecule has 4 atom stereocenters. The third kappa shape index (κ3) is 12.6. The zero-order chi connectivity index (χ0) is 57.1. The number of carboxylic acids is 1. The summed E-state index contributed by atoms with van der Waals surface area (Å²) in [6.07, 6.45) is 0.250. The molecule has 81 heavy (non-hydrogen) atoms. The maximum Gasteiger partial charge on any atom is 0.306 e. The van der Waals surface area contributed by atoms with Crippen molar-refractivity contribution in [2.45, 2.75) is 62.7 Å². The van der Waals surface area contributed by atoms with Crippen LogP contribution in [0.2, 0.25) is 0 Å². The number of carbonyl (C=O) groups is 7. The molecule has 0 saturated heterocycles. The number of aromatic nitrogens is 6. The monoisotopic (exact) mass is 1210 g/mol. The number of ether oxygens (including phenoxy) is 1. The van der Waals surface area contributed by atoms with Gasteiger partial charge in [0, 0.05) is 64.0 Å². The number of carboxylic acid groups (broad SMARTS) is 1. The number of aliphatic carboxylic acids is 1. The van der Waals surface area contributed by atoms with Gasteiger partial charge in [-0.2, -0.15) is 0 Å². The van der Waals surface area contributed by atoms with E-state index in [1.54, 1.807) is 82.9 Å². The molecule has 8 N–H and O–H groups in total. The number of aryl methyl sites for hydroxylation is 1. The highest BCUT2D eigenvalue weighted by Crippen LogP contribution is 2.41. The number of anilines is 1. The lowest BCUT2D eigenvalue weighted by atomic mass is 9.81. The number of thioether (sulfide) groups is 1. The summed E-state index contributed by atoms with van der Waals surface area (Å²) in [5.41, 5.74) is 2.05. The van der Waals surface area contributed by atoms with Crippen molar-refractivity contribution in [3.05, 3.63) is 106 Å². The Morgan fingerprint density at radius 3 is 2.21 bits per heavy atom. The minimum Gasteiger partial charge on any atom is -0.481 e. The first-order valence-electron chi connectivity index (χ1n) is 25.2. The summed E-state index contributed by atoms with van der Waals surface area (Å²) in [5, 5.41) is 47.0. The Labute approximate surface area is 486 Å². The van der Waals surface area contributed by atoms with Crippen LogP contribution in [0.1, 0.15) is 91.7 Å². The summed E-state index contributed by atoms with van der Waals surface area (Å²) < 4.78 is 5.43. The van der Waals surface area contributed by atoms with Crippen LogP contribution in [0, 0.1) is 18.8 Å². The summed E-state index contributed by atoms with van der Waals surface area (Å²) in [6.45, 7) is 1.20. The number of thiazole rings is 5. The first-order chi connectivity index (χ1) is 39.0. The Morgan fingerprint density at radius 1 is 0.753 bits per heavy atom. The number of rotatable bonds is 10. The Hall–Kier alpha value is -7.38. The Morgan fingerprint density at radius 2 is 1.46 bits per heavy atom. The molecule has 0 spiro atoms. The number of nitrogens with zero attached hydrogens (tertiary/aromatic N) is 7. The van der Waals surface area contributed by atoms with E-state index in [1.807, 2.05) is 0 Å². The third-order valence-electron chi connectivity index (χ3n) is 13.5. The van der Waals surface area contributed by atoms with Crippen LogP contribution in [0.15, 0.2) is 74.6 Å². The van der Waals surface area contributed by atoms with Crippen LogP contribution in [0.4, 0.5) is 5.82 Å². The van der Waals surface area contributed by atoms with Crippen molar-refractivity contribution in [2.24, 2.45) is 11.8 Å². The average Bonchev–Trinajstić information content (AvgIpc) is 4.43. The third-order valence-corrected chi connectivity index (χ3v) is 19.4. The van der Waals surface area contributed by atoms with Gasteiger partial charge in [-0.3, -0.25) is 33.6 Å². The highest BCUT2D eigenvalue weighted by Gasteiger charge is 2.37. The minimum atomic E-state index is -1.27. The molecule has 0 radical (unpaired) electrons. The number of likely N-dealkylation sites (N-methyl/N-ethyl adjacent to an activating group) is 1. The van der Waals surface area contributed by atoms with Crippen molar-refractivity contribution in [2.75, 3.05) is 39.7 Å². The summed E-state index contributed by atoms with van der Waals surface area (Å²) >= 11 is 7.18. The van der Waals surface area contributed by atoms with E-state index < -0.39 is 71.7 Å². The fourth-order valence-electron chi connectivity index (χ4n) is 9.25. The van der Waals surface area contributed by atoms with Crippen molar-refractivity contribution in [3.63, 3.8) is 0 Å². The second kappa shape index (κ2) is 24.8. The number of aliphatic hydroxyl groups is 1. The first kappa shape index (κ1) is 56.9. The molecule has 10 rings (SSSR count). The number of benzene rings is 1. The van der Waals surface area contributed by atoms with Gasteiger partial charge in [-0.1, -0.05) is 42.1 Å². The lowest BCUT2D eigenvalue weighted by molar-refractivity contribution is -0.143. The second-order valence-corrected chi connectivity index (χ2v) is 24.7. The number of pyridine rings is 1. The van der Waals surface area contributed by atoms with Gasteiger partial charge in [-0.15, -0.1) is 56.7 Å². The number of nitrogens with one attached hydrogen (secondary N) is 6. The van der Waals surface area contributed by atoms with Gasteiger partial charge in [0.2, 0.25) is 17.7 Å². The van der Waals surface area contributed by atoms with Crippen LogP contribution in [-0.2, 0) is 28.7 Å². The van der Waals surface area contributed by atoms with E-state index in [0.717, 1.165) is 11.3 Å². The summed E-state index contributed by atoms with van der Waals surface area (Å²) in [5.74, 6) is -4.45. The number of aliphatic hydroxyl groups excluding tert-OH is 1. The van der Waals surface area contributed by atoms with Crippen molar-refractivity contribution in [1.29, 1.82) is 0 Å². The molecule has 7 aromatic rings. The molecule has 2 aliphatic heterocycles. The fourth-order valence-corrected chi connectivity index (χ4v) is 14.7. The van der Waals surface area contributed by atoms with Crippen LogP contribution in [0.5, 0.6) is 0 Å². The van der Waals surface area contributed by atoms with E-state index in [1.165, 1.54) is 71.3 Å². The second-order valence-electron chi connectivity index (χ2n) is 18.9. The molecule has 6 aromatic heterocycles. The van der Waals surface area contributed by atoms with Gasteiger partial charge in [0.15, 0.2) is 5.50 Å². The molecule has 6 amide bonds. The van der Waals surface area contributed by atoms with E-state index in [9.17, 15) is 43.8 Å². The van der Waals surface area contributed by atoms with E-state index in [4.69, 9.17) is 29.7 Å². The zero-order valence-electron chi connectivity index (χ0n) is 43.5. The lowest BCUT2D eigenvalue weighted by Gasteiger charge is -2.25. The number of methoxy groups -OCH3 is 1.